The number of nitrogens with zero attached hydrogens (tertiary/aromatic N) is 4. The molecule has 1 N–H and O–H groups in total. The minimum absolute atomic E-state index is 0.756. The molecule has 0 spiro atoms. The highest BCUT2D eigenvalue weighted by molar-refractivity contribution is 5.79. The predicted molar refractivity (Wildman–Crippen MR) is 86.3 cm³/mol. The van der Waals surface area contributed by atoms with E-state index in [4.69, 9.17) is 0 Å². The first kappa shape index (κ1) is 16.3. The van der Waals surface area contributed by atoms with Gasteiger partial charge in [-0.25, -0.2) is 4.98 Å². The van der Waals surface area contributed by atoms with E-state index in [1.807, 2.05) is 38.3 Å². The Kier molecular flexibility index (Phi) is 6.84. The summed E-state index contributed by atoms with van der Waals surface area (Å²) in [4.78, 5) is 12.8. The van der Waals surface area contributed by atoms with Crippen molar-refractivity contribution in [2.75, 3.05) is 39.6 Å². The van der Waals surface area contributed by atoms with Gasteiger partial charge in [0.2, 0.25) is 0 Å². The lowest BCUT2D eigenvalue weighted by Gasteiger charge is -2.22. The zero-order chi connectivity index (χ0) is 15.0. The van der Waals surface area contributed by atoms with Gasteiger partial charge in [0, 0.05) is 47.5 Å². The second-order valence-electron chi connectivity index (χ2n) is 5.09. The average molecular weight is 277 g/mol. The molecule has 0 radical (unpaired) electrons. The zero-order valence-corrected chi connectivity index (χ0v) is 13.3. The number of rotatable bonds is 6. The number of unbranched alkanes of at least 4 members (excludes halogenated alkanes) is 1. The summed E-state index contributed by atoms with van der Waals surface area (Å²) in [5, 5.41) is 3.39. The number of aromatic nitrogens is 1. The second kappa shape index (κ2) is 8.40. The van der Waals surface area contributed by atoms with Gasteiger partial charge in [-0.15, -0.1) is 0 Å². The fourth-order valence-electron chi connectivity index (χ4n) is 1.88. The van der Waals surface area contributed by atoms with Gasteiger partial charge in [-0.1, -0.05) is 13.3 Å². The minimum atomic E-state index is 0.756. The standard InChI is InChI=1S/C15H27N5/c1-6-7-10-20(5)15(16-2)18-12-13-8-9-17-14(11-13)19(3)4/h8-9,11H,6-7,10,12H2,1-5H3,(H,16,18). The molecule has 1 heterocycles. The molecule has 0 saturated heterocycles. The highest BCUT2D eigenvalue weighted by atomic mass is 15.3. The molecule has 0 aromatic carbocycles. The fraction of sp³-hybridized carbons (Fsp3) is 0.600. The number of anilines is 1. The number of guanidine groups is 1. The van der Waals surface area contributed by atoms with E-state index in [9.17, 15) is 0 Å². The Bertz CT molecular complexity index is 428. The first-order valence-corrected chi connectivity index (χ1v) is 7.12. The topological polar surface area (TPSA) is 43.8 Å². The first-order valence-electron chi connectivity index (χ1n) is 7.12. The van der Waals surface area contributed by atoms with Crippen LogP contribution < -0.4 is 10.2 Å². The van der Waals surface area contributed by atoms with Gasteiger partial charge in [0.05, 0.1) is 0 Å². The Morgan fingerprint density at radius 2 is 2.10 bits per heavy atom. The lowest BCUT2D eigenvalue weighted by atomic mass is 10.2. The van der Waals surface area contributed by atoms with E-state index in [1.165, 1.54) is 18.4 Å². The first-order chi connectivity index (χ1) is 9.58. The summed E-state index contributed by atoms with van der Waals surface area (Å²) in [6.07, 6.45) is 4.21. The number of aliphatic imine (C=N–C) groups is 1. The van der Waals surface area contributed by atoms with Crippen molar-refractivity contribution in [3.8, 4) is 0 Å². The monoisotopic (exact) mass is 277 g/mol. The molecular weight excluding hydrogens is 250 g/mol. The fourth-order valence-corrected chi connectivity index (χ4v) is 1.88. The molecule has 1 aromatic heterocycles. The Morgan fingerprint density at radius 1 is 1.35 bits per heavy atom. The van der Waals surface area contributed by atoms with Crippen LogP contribution in [0.1, 0.15) is 25.3 Å². The van der Waals surface area contributed by atoms with Gasteiger partial charge in [-0.05, 0) is 24.1 Å². The van der Waals surface area contributed by atoms with Crippen LogP contribution in [0.3, 0.4) is 0 Å². The maximum Gasteiger partial charge on any atom is 0.193 e. The van der Waals surface area contributed by atoms with E-state index in [1.54, 1.807) is 0 Å². The molecule has 0 atom stereocenters. The van der Waals surface area contributed by atoms with Crippen molar-refractivity contribution in [3.05, 3.63) is 23.9 Å². The normalized spacial score (nSPS) is 11.3. The molecule has 112 valence electrons. The molecule has 5 heteroatoms. The van der Waals surface area contributed by atoms with E-state index in [0.29, 0.717) is 0 Å². The summed E-state index contributed by atoms with van der Waals surface area (Å²) < 4.78 is 0. The van der Waals surface area contributed by atoms with Crippen LogP contribution in [0.15, 0.2) is 23.3 Å². The zero-order valence-electron chi connectivity index (χ0n) is 13.3. The van der Waals surface area contributed by atoms with Crippen LogP contribution in [0.4, 0.5) is 5.82 Å². The van der Waals surface area contributed by atoms with E-state index in [0.717, 1.165) is 24.9 Å². The van der Waals surface area contributed by atoms with Gasteiger partial charge in [0.25, 0.3) is 0 Å². The Hall–Kier alpha value is -1.78. The number of hydrogen-bond donors (Lipinski definition) is 1. The third kappa shape index (κ3) is 5.07. The molecule has 0 aliphatic rings. The maximum absolute atomic E-state index is 4.32. The molecule has 0 fully saturated rings. The summed E-state index contributed by atoms with van der Waals surface area (Å²) in [5.41, 5.74) is 1.20. The SMILES string of the molecule is CCCCN(C)C(=NC)NCc1ccnc(N(C)C)c1. The van der Waals surface area contributed by atoms with Gasteiger partial charge in [0.1, 0.15) is 5.82 Å². The average Bonchev–Trinajstić information content (AvgIpc) is 2.46. The molecule has 0 unspecified atom stereocenters. The van der Waals surface area contributed by atoms with E-state index < -0.39 is 0 Å². The smallest absolute Gasteiger partial charge is 0.193 e. The number of hydrogen-bond acceptors (Lipinski definition) is 3. The number of nitrogens with one attached hydrogen (secondary N) is 1. The Morgan fingerprint density at radius 3 is 2.70 bits per heavy atom. The summed E-state index contributed by atoms with van der Waals surface area (Å²) in [6, 6.07) is 4.12. The van der Waals surface area contributed by atoms with Crippen molar-refractivity contribution in [1.29, 1.82) is 0 Å². The highest BCUT2D eigenvalue weighted by Crippen LogP contribution is 2.09. The summed E-state index contributed by atoms with van der Waals surface area (Å²) in [6.45, 7) is 3.98. The van der Waals surface area contributed by atoms with Crippen molar-refractivity contribution in [2.45, 2.75) is 26.3 Å². The maximum atomic E-state index is 4.32. The third-order valence-corrected chi connectivity index (χ3v) is 3.14. The third-order valence-electron chi connectivity index (χ3n) is 3.14. The van der Waals surface area contributed by atoms with Crippen LogP contribution in [0.5, 0.6) is 0 Å². The Balaban J connectivity index is 2.58. The molecule has 5 nitrogen and oxygen atoms in total. The van der Waals surface area contributed by atoms with Crippen LogP contribution in [0.2, 0.25) is 0 Å². The largest absolute Gasteiger partial charge is 0.363 e. The van der Waals surface area contributed by atoms with E-state index in [-0.39, 0.29) is 0 Å². The van der Waals surface area contributed by atoms with Gasteiger partial charge in [-0.3, -0.25) is 4.99 Å². The molecule has 0 aliphatic heterocycles. The molecular formula is C15H27N5. The summed E-state index contributed by atoms with van der Waals surface area (Å²) in [5.74, 6) is 1.90. The van der Waals surface area contributed by atoms with Crippen LogP contribution in [0.25, 0.3) is 0 Å². The van der Waals surface area contributed by atoms with Crippen LogP contribution in [-0.2, 0) is 6.54 Å². The van der Waals surface area contributed by atoms with Crippen molar-refractivity contribution in [2.24, 2.45) is 4.99 Å². The molecule has 0 aliphatic carbocycles. The van der Waals surface area contributed by atoms with Gasteiger partial charge in [-0.2, -0.15) is 0 Å². The molecule has 1 rings (SSSR count). The van der Waals surface area contributed by atoms with Crippen LogP contribution in [0, 0.1) is 0 Å². The second-order valence-corrected chi connectivity index (χ2v) is 5.09. The lowest BCUT2D eigenvalue weighted by molar-refractivity contribution is 0.464. The van der Waals surface area contributed by atoms with Crippen molar-refractivity contribution in [1.82, 2.24) is 15.2 Å². The van der Waals surface area contributed by atoms with E-state index >= 15 is 0 Å². The molecule has 0 bridgehead atoms. The Labute approximate surface area is 122 Å². The van der Waals surface area contributed by atoms with Gasteiger partial charge in [0.15, 0.2) is 5.96 Å². The van der Waals surface area contributed by atoms with Crippen LogP contribution >= 0.6 is 0 Å². The van der Waals surface area contributed by atoms with Crippen molar-refractivity contribution < 1.29 is 0 Å². The van der Waals surface area contributed by atoms with Crippen molar-refractivity contribution >= 4 is 11.8 Å². The molecule has 0 saturated carbocycles. The lowest BCUT2D eigenvalue weighted by Crippen LogP contribution is -2.39. The highest BCUT2D eigenvalue weighted by Gasteiger charge is 2.05. The van der Waals surface area contributed by atoms with Gasteiger partial charge < -0.3 is 15.1 Å². The van der Waals surface area contributed by atoms with E-state index in [2.05, 4.69) is 40.2 Å². The number of pyridine rings is 1. The molecule has 20 heavy (non-hydrogen) atoms. The van der Waals surface area contributed by atoms with Crippen LogP contribution in [-0.4, -0.2) is 50.6 Å². The molecule has 1 aromatic rings. The van der Waals surface area contributed by atoms with Gasteiger partial charge >= 0.3 is 0 Å². The quantitative estimate of drug-likeness (QED) is 0.637. The molecule has 0 amide bonds. The minimum Gasteiger partial charge on any atom is -0.363 e. The predicted octanol–water partition coefficient (Wildman–Crippen LogP) is 1.95. The summed E-state index contributed by atoms with van der Waals surface area (Å²) in [7, 11) is 7.89. The van der Waals surface area contributed by atoms with Crippen molar-refractivity contribution in [3.63, 3.8) is 0 Å². The summed E-state index contributed by atoms with van der Waals surface area (Å²) >= 11 is 0.